The summed E-state index contributed by atoms with van der Waals surface area (Å²) in [5.41, 5.74) is 1.37. The van der Waals surface area contributed by atoms with Crippen molar-refractivity contribution in [1.29, 1.82) is 0 Å². The van der Waals surface area contributed by atoms with Crippen molar-refractivity contribution in [2.24, 2.45) is 0 Å². The number of aryl methyl sites for hydroxylation is 1. The number of rotatable bonds is 6. The fraction of sp³-hybridized carbons (Fsp3) is 0.588. The summed E-state index contributed by atoms with van der Waals surface area (Å²) in [4.78, 5) is 4.73. The largest absolute Gasteiger partial charge is 0.383 e. The number of methoxy groups -OCH3 is 1. The molecule has 7 nitrogen and oxygen atoms in total. The second-order valence-electron chi connectivity index (χ2n) is 6.57. The molecule has 1 aliphatic heterocycles. The predicted molar refractivity (Wildman–Crippen MR) is 92.0 cm³/mol. The molecule has 0 saturated carbocycles. The molecule has 1 atom stereocenters. The third-order valence-electron chi connectivity index (χ3n) is 4.66. The van der Waals surface area contributed by atoms with Gasteiger partial charge in [0.15, 0.2) is 5.82 Å². The maximum absolute atomic E-state index is 14.2. The number of nitrogens with zero attached hydrogens (tertiary/aromatic N) is 6. The molecule has 0 amide bonds. The number of piperazine rings is 1. The highest BCUT2D eigenvalue weighted by atomic mass is 19.1. The molecule has 2 aromatic rings. The molecule has 1 aromatic heterocycles. The molecule has 0 unspecified atom stereocenters. The molecule has 136 valence electrons. The van der Waals surface area contributed by atoms with E-state index in [0.29, 0.717) is 24.1 Å². The van der Waals surface area contributed by atoms with Gasteiger partial charge in [-0.15, -0.1) is 5.10 Å². The van der Waals surface area contributed by atoms with Gasteiger partial charge in [0.05, 0.1) is 13.2 Å². The van der Waals surface area contributed by atoms with Gasteiger partial charge in [-0.3, -0.25) is 9.80 Å². The third kappa shape index (κ3) is 4.20. The minimum atomic E-state index is -0.322. The van der Waals surface area contributed by atoms with Gasteiger partial charge in [-0.2, -0.15) is 4.68 Å². The summed E-state index contributed by atoms with van der Waals surface area (Å²) < 4.78 is 20.8. The third-order valence-corrected chi connectivity index (χ3v) is 4.66. The van der Waals surface area contributed by atoms with Crippen molar-refractivity contribution in [3.8, 4) is 5.69 Å². The van der Waals surface area contributed by atoms with Crippen molar-refractivity contribution in [2.45, 2.75) is 26.4 Å². The first-order chi connectivity index (χ1) is 12.1. The minimum Gasteiger partial charge on any atom is -0.383 e. The van der Waals surface area contributed by atoms with E-state index in [1.807, 2.05) is 6.92 Å². The lowest BCUT2D eigenvalue weighted by molar-refractivity contribution is 0.0543. The monoisotopic (exact) mass is 348 g/mol. The van der Waals surface area contributed by atoms with Crippen LogP contribution in [0.4, 0.5) is 4.39 Å². The van der Waals surface area contributed by atoms with Crippen LogP contribution in [0.1, 0.15) is 18.3 Å². The van der Waals surface area contributed by atoms with E-state index in [1.165, 1.54) is 10.7 Å². The Morgan fingerprint density at radius 3 is 2.92 bits per heavy atom. The SMILES string of the molecule is COCCN1CCN(Cc2nnnn2-c2cc(C)ccc2F)C[C@H]1C. The van der Waals surface area contributed by atoms with Gasteiger partial charge in [-0.25, -0.2) is 4.39 Å². The van der Waals surface area contributed by atoms with Crippen molar-refractivity contribution in [3.05, 3.63) is 35.4 Å². The van der Waals surface area contributed by atoms with Crippen molar-refractivity contribution >= 4 is 0 Å². The van der Waals surface area contributed by atoms with E-state index >= 15 is 0 Å². The van der Waals surface area contributed by atoms with E-state index in [0.717, 1.165) is 38.3 Å². The number of hydrogen-bond acceptors (Lipinski definition) is 6. The molecule has 25 heavy (non-hydrogen) atoms. The zero-order valence-electron chi connectivity index (χ0n) is 15.0. The highest BCUT2D eigenvalue weighted by Crippen LogP contribution is 2.17. The Morgan fingerprint density at radius 1 is 1.32 bits per heavy atom. The van der Waals surface area contributed by atoms with Crippen LogP contribution in [0.5, 0.6) is 0 Å². The number of halogens is 1. The lowest BCUT2D eigenvalue weighted by atomic mass is 10.2. The number of tetrazole rings is 1. The fourth-order valence-corrected chi connectivity index (χ4v) is 3.23. The Hall–Kier alpha value is -1.90. The van der Waals surface area contributed by atoms with Crippen LogP contribution in [0.2, 0.25) is 0 Å². The molecular weight excluding hydrogens is 323 g/mol. The zero-order valence-corrected chi connectivity index (χ0v) is 15.0. The van der Waals surface area contributed by atoms with Gasteiger partial charge in [0.25, 0.3) is 0 Å². The molecular formula is C17H25FN6O. The molecule has 0 N–H and O–H groups in total. The van der Waals surface area contributed by atoms with Crippen molar-refractivity contribution in [2.75, 3.05) is 39.9 Å². The van der Waals surface area contributed by atoms with Crippen LogP contribution in [0.3, 0.4) is 0 Å². The number of ether oxygens (including phenoxy) is 1. The normalized spacial score (nSPS) is 19.4. The van der Waals surface area contributed by atoms with E-state index in [1.54, 1.807) is 19.2 Å². The van der Waals surface area contributed by atoms with Crippen LogP contribution >= 0.6 is 0 Å². The molecule has 0 bridgehead atoms. The van der Waals surface area contributed by atoms with Crippen molar-refractivity contribution in [1.82, 2.24) is 30.0 Å². The molecule has 8 heteroatoms. The van der Waals surface area contributed by atoms with Gasteiger partial charge in [0, 0.05) is 39.3 Å². The molecule has 3 rings (SSSR count). The number of aromatic nitrogens is 4. The topological polar surface area (TPSA) is 59.3 Å². The molecule has 2 heterocycles. The van der Waals surface area contributed by atoms with Crippen molar-refractivity contribution < 1.29 is 9.13 Å². The molecule has 1 aliphatic rings. The van der Waals surface area contributed by atoms with Crippen LogP contribution < -0.4 is 0 Å². The maximum atomic E-state index is 14.2. The van der Waals surface area contributed by atoms with E-state index in [-0.39, 0.29) is 5.82 Å². The predicted octanol–water partition coefficient (Wildman–Crippen LogP) is 1.26. The lowest BCUT2D eigenvalue weighted by Crippen LogP contribution is -2.52. The Labute approximate surface area is 147 Å². The van der Waals surface area contributed by atoms with Crippen molar-refractivity contribution in [3.63, 3.8) is 0 Å². The van der Waals surface area contributed by atoms with Crippen LogP contribution in [-0.2, 0) is 11.3 Å². The van der Waals surface area contributed by atoms with Gasteiger partial charge >= 0.3 is 0 Å². The van der Waals surface area contributed by atoms with E-state index in [9.17, 15) is 4.39 Å². The first-order valence-corrected chi connectivity index (χ1v) is 8.57. The van der Waals surface area contributed by atoms with Crippen LogP contribution in [0, 0.1) is 12.7 Å². The number of benzene rings is 1. The van der Waals surface area contributed by atoms with Gasteiger partial charge in [-0.1, -0.05) is 6.07 Å². The summed E-state index contributed by atoms with van der Waals surface area (Å²) in [6, 6.07) is 5.39. The summed E-state index contributed by atoms with van der Waals surface area (Å²) in [6.45, 7) is 9.25. The smallest absolute Gasteiger partial charge is 0.170 e. The fourth-order valence-electron chi connectivity index (χ4n) is 3.23. The Morgan fingerprint density at radius 2 is 2.16 bits per heavy atom. The lowest BCUT2D eigenvalue weighted by Gasteiger charge is -2.39. The van der Waals surface area contributed by atoms with Gasteiger partial charge < -0.3 is 4.74 Å². The van der Waals surface area contributed by atoms with E-state index < -0.39 is 0 Å². The van der Waals surface area contributed by atoms with Gasteiger partial charge in [0.2, 0.25) is 0 Å². The molecule has 0 radical (unpaired) electrons. The molecule has 0 aliphatic carbocycles. The second kappa shape index (κ2) is 7.99. The quantitative estimate of drug-likeness (QED) is 0.783. The van der Waals surface area contributed by atoms with Gasteiger partial charge in [0.1, 0.15) is 11.5 Å². The Kier molecular flexibility index (Phi) is 5.72. The summed E-state index contributed by atoms with van der Waals surface area (Å²) in [5.74, 6) is 0.332. The zero-order chi connectivity index (χ0) is 17.8. The highest BCUT2D eigenvalue weighted by molar-refractivity contribution is 5.36. The molecule has 1 saturated heterocycles. The van der Waals surface area contributed by atoms with Crippen LogP contribution in [0.25, 0.3) is 5.69 Å². The first-order valence-electron chi connectivity index (χ1n) is 8.57. The van der Waals surface area contributed by atoms with Crippen LogP contribution in [0.15, 0.2) is 18.2 Å². The Balaban J connectivity index is 1.69. The highest BCUT2D eigenvalue weighted by Gasteiger charge is 2.25. The minimum absolute atomic E-state index is 0.322. The first kappa shape index (κ1) is 17.9. The summed E-state index contributed by atoms with van der Waals surface area (Å²) >= 11 is 0. The average molecular weight is 348 g/mol. The van der Waals surface area contributed by atoms with E-state index in [2.05, 4.69) is 32.2 Å². The van der Waals surface area contributed by atoms with Gasteiger partial charge in [-0.05, 0) is 42.0 Å². The second-order valence-corrected chi connectivity index (χ2v) is 6.57. The van der Waals surface area contributed by atoms with E-state index in [4.69, 9.17) is 4.74 Å². The average Bonchev–Trinajstić information content (AvgIpc) is 3.04. The summed E-state index contributed by atoms with van der Waals surface area (Å²) in [6.07, 6.45) is 0. The maximum Gasteiger partial charge on any atom is 0.170 e. The molecule has 1 fully saturated rings. The summed E-state index contributed by atoms with van der Waals surface area (Å²) in [7, 11) is 1.73. The molecule has 1 aromatic carbocycles. The number of hydrogen-bond donors (Lipinski definition) is 0. The Bertz CT molecular complexity index is 706. The summed E-state index contributed by atoms with van der Waals surface area (Å²) in [5, 5.41) is 11.9. The van der Waals surface area contributed by atoms with Crippen LogP contribution in [-0.4, -0.2) is 75.9 Å². The standard InChI is InChI=1S/C17H25FN6O/c1-13-4-5-15(18)16(10-13)24-17(19-20-21-24)12-22-6-7-23(8-9-25-3)14(2)11-22/h4-5,10,14H,6-9,11-12H2,1-3H3/t14-/m1/s1. The molecule has 0 spiro atoms.